The molecule has 0 bridgehead atoms. The van der Waals surface area contributed by atoms with Gasteiger partial charge in [0.1, 0.15) is 0 Å². The summed E-state index contributed by atoms with van der Waals surface area (Å²) in [6.45, 7) is 1.14. The Kier molecular flexibility index (Phi) is 5.38. The smallest absolute Gasteiger partial charge is 0.223 e. The number of hydrogen-bond acceptors (Lipinski definition) is 4. The lowest BCUT2D eigenvalue weighted by Crippen LogP contribution is -2.41. The number of likely N-dealkylation sites (tertiary alicyclic amines) is 1. The highest BCUT2D eigenvalue weighted by Crippen LogP contribution is 2.28. The summed E-state index contributed by atoms with van der Waals surface area (Å²) in [5.74, 6) is 0.749. The molecule has 1 saturated heterocycles. The van der Waals surface area contributed by atoms with Crippen LogP contribution in [0.3, 0.4) is 0 Å². The predicted molar refractivity (Wildman–Crippen MR) is 93.8 cm³/mol. The van der Waals surface area contributed by atoms with Crippen molar-refractivity contribution in [1.29, 1.82) is 0 Å². The second-order valence-corrected chi connectivity index (χ2v) is 6.56. The van der Waals surface area contributed by atoms with Gasteiger partial charge in [0.15, 0.2) is 11.7 Å². The summed E-state index contributed by atoms with van der Waals surface area (Å²) in [6.07, 6.45) is 3.65. The normalized spacial score (nSPS) is 15.3. The third kappa shape index (κ3) is 4.20. The minimum absolute atomic E-state index is 0.0420. The van der Waals surface area contributed by atoms with Crippen LogP contribution in [0.1, 0.15) is 25.2 Å². The monoisotopic (exact) mass is 361 g/mol. The van der Waals surface area contributed by atoms with Gasteiger partial charge >= 0.3 is 0 Å². The van der Waals surface area contributed by atoms with Gasteiger partial charge < -0.3 is 15.1 Å². The van der Waals surface area contributed by atoms with Crippen molar-refractivity contribution in [2.75, 3.05) is 13.1 Å². The van der Waals surface area contributed by atoms with Crippen LogP contribution >= 0.6 is 11.6 Å². The third-order valence-electron chi connectivity index (χ3n) is 4.50. The van der Waals surface area contributed by atoms with Crippen molar-refractivity contribution in [2.24, 2.45) is 11.7 Å². The standard InChI is InChI=1S/C18H20ClN3O3/c19-14-4-2-1-3-13(14)15-11-21-16(25-15)5-6-17(23)22-9-7-12(8-10-22)18(20)24/h1-4,11-12H,5-10H2,(H2,20,24). The number of aryl methyl sites for hydroxylation is 1. The van der Waals surface area contributed by atoms with Crippen molar-refractivity contribution in [3.05, 3.63) is 41.4 Å². The third-order valence-corrected chi connectivity index (χ3v) is 4.83. The van der Waals surface area contributed by atoms with Gasteiger partial charge in [0, 0.05) is 37.4 Å². The molecule has 2 aromatic rings. The molecule has 0 unspecified atom stereocenters. The van der Waals surface area contributed by atoms with Crippen LogP contribution in [0.5, 0.6) is 0 Å². The highest BCUT2D eigenvalue weighted by atomic mass is 35.5. The number of carbonyl (C=O) groups is 2. The number of primary amides is 1. The number of amides is 2. The van der Waals surface area contributed by atoms with Crippen molar-refractivity contribution in [3.63, 3.8) is 0 Å². The van der Waals surface area contributed by atoms with Crippen LogP contribution in [0, 0.1) is 5.92 Å². The van der Waals surface area contributed by atoms with Crippen molar-refractivity contribution in [2.45, 2.75) is 25.7 Å². The van der Waals surface area contributed by atoms with Crippen LogP contribution in [0.25, 0.3) is 11.3 Å². The molecule has 1 aliphatic rings. The number of nitrogens with zero attached hydrogens (tertiary/aromatic N) is 2. The molecule has 0 atom stereocenters. The number of carbonyl (C=O) groups excluding carboxylic acids is 2. The molecule has 2 amide bonds. The lowest BCUT2D eigenvalue weighted by atomic mass is 9.96. The highest BCUT2D eigenvalue weighted by molar-refractivity contribution is 6.33. The minimum Gasteiger partial charge on any atom is -0.441 e. The van der Waals surface area contributed by atoms with Gasteiger partial charge in [-0.3, -0.25) is 9.59 Å². The quantitative estimate of drug-likeness (QED) is 0.886. The number of benzene rings is 1. The summed E-state index contributed by atoms with van der Waals surface area (Å²) < 4.78 is 5.71. The Bertz CT molecular complexity index is 766. The molecule has 0 saturated carbocycles. The van der Waals surface area contributed by atoms with Crippen molar-refractivity contribution < 1.29 is 14.0 Å². The van der Waals surface area contributed by atoms with Crippen LogP contribution in [0.4, 0.5) is 0 Å². The van der Waals surface area contributed by atoms with E-state index in [-0.39, 0.29) is 17.7 Å². The molecular formula is C18H20ClN3O3. The molecule has 132 valence electrons. The summed E-state index contributed by atoms with van der Waals surface area (Å²) in [5, 5.41) is 0.596. The summed E-state index contributed by atoms with van der Waals surface area (Å²) in [4.78, 5) is 29.5. The Morgan fingerprint density at radius 3 is 2.68 bits per heavy atom. The van der Waals surface area contributed by atoms with E-state index in [9.17, 15) is 9.59 Å². The first kappa shape index (κ1) is 17.5. The Balaban J connectivity index is 1.53. The van der Waals surface area contributed by atoms with Crippen LogP contribution in [-0.4, -0.2) is 34.8 Å². The first-order chi connectivity index (χ1) is 12.0. The topological polar surface area (TPSA) is 89.4 Å². The number of halogens is 1. The zero-order valence-electron chi connectivity index (χ0n) is 13.8. The second kappa shape index (κ2) is 7.70. The fourth-order valence-corrected chi connectivity index (χ4v) is 3.23. The van der Waals surface area contributed by atoms with Gasteiger partial charge in [-0.25, -0.2) is 4.98 Å². The molecule has 0 spiro atoms. The molecule has 1 fully saturated rings. The lowest BCUT2D eigenvalue weighted by molar-refractivity contribution is -0.134. The number of oxazole rings is 1. The maximum atomic E-state index is 12.3. The van der Waals surface area contributed by atoms with Gasteiger partial charge in [0.05, 0.1) is 11.2 Å². The molecule has 7 heteroatoms. The van der Waals surface area contributed by atoms with E-state index in [1.165, 1.54) is 0 Å². The Labute approximate surface area is 151 Å². The number of hydrogen-bond donors (Lipinski definition) is 1. The van der Waals surface area contributed by atoms with Crippen LogP contribution in [-0.2, 0) is 16.0 Å². The molecule has 2 heterocycles. The number of aromatic nitrogens is 1. The zero-order valence-corrected chi connectivity index (χ0v) is 14.5. The summed E-state index contributed by atoms with van der Waals surface area (Å²) >= 11 is 6.15. The summed E-state index contributed by atoms with van der Waals surface area (Å²) in [5.41, 5.74) is 6.09. The molecule has 1 aromatic heterocycles. The Morgan fingerprint density at radius 1 is 1.28 bits per heavy atom. The number of nitrogens with two attached hydrogens (primary N) is 1. The van der Waals surface area contributed by atoms with E-state index in [4.69, 9.17) is 21.8 Å². The fraction of sp³-hybridized carbons (Fsp3) is 0.389. The van der Waals surface area contributed by atoms with Gasteiger partial charge in [-0.2, -0.15) is 0 Å². The van der Waals surface area contributed by atoms with E-state index in [1.807, 2.05) is 18.2 Å². The first-order valence-electron chi connectivity index (χ1n) is 8.31. The molecule has 0 radical (unpaired) electrons. The zero-order chi connectivity index (χ0) is 17.8. The summed E-state index contributed by atoms with van der Waals surface area (Å²) in [6, 6.07) is 7.38. The van der Waals surface area contributed by atoms with E-state index < -0.39 is 0 Å². The average molecular weight is 362 g/mol. The summed E-state index contributed by atoms with van der Waals surface area (Å²) in [7, 11) is 0. The minimum atomic E-state index is -0.279. The average Bonchev–Trinajstić information content (AvgIpc) is 3.09. The molecule has 1 aliphatic heterocycles. The van der Waals surface area contributed by atoms with Gasteiger partial charge in [-0.1, -0.05) is 23.7 Å². The number of rotatable bonds is 5. The Morgan fingerprint density at radius 2 is 2.00 bits per heavy atom. The Hall–Kier alpha value is -2.34. The van der Waals surface area contributed by atoms with Crippen molar-refractivity contribution >= 4 is 23.4 Å². The molecule has 25 heavy (non-hydrogen) atoms. The first-order valence-corrected chi connectivity index (χ1v) is 8.69. The van der Waals surface area contributed by atoms with Gasteiger partial charge in [-0.15, -0.1) is 0 Å². The van der Waals surface area contributed by atoms with Crippen LogP contribution in [0.2, 0.25) is 5.02 Å². The van der Waals surface area contributed by atoms with E-state index >= 15 is 0 Å². The molecule has 6 nitrogen and oxygen atoms in total. The predicted octanol–water partition coefficient (Wildman–Crippen LogP) is 2.65. The van der Waals surface area contributed by atoms with Gasteiger partial charge in [-0.05, 0) is 25.0 Å². The maximum absolute atomic E-state index is 12.3. The van der Waals surface area contributed by atoms with E-state index in [2.05, 4.69) is 4.98 Å². The largest absolute Gasteiger partial charge is 0.441 e. The molecule has 1 aromatic carbocycles. The highest BCUT2D eigenvalue weighted by Gasteiger charge is 2.25. The molecule has 3 rings (SSSR count). The molecule has 0 aliphatic carbocycles. The van der Waals surface area contributed by atoms with E-state index in [1.54, 1.807) is 17.2 Å². The van der Waals surface area contributed by atoms with Crippen LogP contribution in [0.15, 0.2) is 34.9 Å². The van der Waals surface area contributed by atoms with E-state index in [0.717, 1.165) is 5.56 Å². The van der Waals surface area contributed by atoms with Gasteiger partial charge in [0.25, 0.3) is 0 Å². The van der Waals surface area contributed by atoms with Crippen molar-refractivity contribution in [3.8, 4) is 11.3 Å². The molecule has 2 N–H and O–H groups in total. The van der Waals surface area contributed by atoms with E-state index in [0.29, 0.717) is 55.4 Å². The second-order valence-electron chi connectivity index (χ2n) is 6.16. The van der Waals surface area contributed by atoms with Gasteiger partial charge in [0.2, 0.25) is 11.8 Å². The van der Waals surface area contributed by atoms with Crippen molar-refractivity contribution in [1.82, 2.24) is 9.88 Å². The lowest BCUT2D eigenvalue weighted by Gasteiger charge is -2.30. The number of piperidine rings is 1. The van der Waals surface area contributed by atoms with Crippen LogP contribution < -0.4 is 5.73 Å². The fourth-order valence-electron chi connectivity index (χ4n) is 3.00. The molecular weight excluding hydrogens is 342 g/mol. The SMILES string of the molecule is NC(=O)C1CCN(C(=O)CCc2ncc(-c3ccccc3Cl)o2)CC1. The maximum Gasteiger partial charge on any atom is 0.223 e.